The van der Waals surface area contributed by atoms with Crippen LogP contribution in [0, 0.1) is 23.1 Å². The number of nitriles is 1. The van der Waals surface area contributed by atoms with Crippen molar-refractivity contribution in [3.63, 3.8) is 0 Å². The Labute approximate surface area is 93.9 Å². The second-order valence-electron chi connectivity index (χ2n) is 3.75. The van der Waals surface area contributed by atoms with Gasteiger partial charge in [0.1, 0.15) is 11.9 Å². The molecule has 1 atom stereocenters. The first kappa shape index (κ1) is 12.2. The summed E-state index contributed by atoms with van der Waals surface area (Å²) in [6, 6.07) is 6.86. The number of halogens is 1. The fourth-order valence-electron chi connectivity index (χ4n) is 1.20. The molecule has 1 rings (SSSR count). The fourth-order valence-corrected chi connectivity index (χ4v) is 1.20. The lowest BCUT2D eigenvalue weighted by Crippen LogP contribution is -2.31. The van der Waals surface area contributed by atoms with Gasteiger partial charge in [-0.25, -0.2) is 4.39 Å². The Morgan fingerprint density at radius 1 is 1.44 bits per heavy atom. The van der Waals surface area contributed by atoms with E-state index in [4.69, 9.17) is 5.26 Å². The summed E-state index contributed by atoms with van der Waals surface area (Å²) in [5.41, 5.74) is 0.194. The van der Waals surface area contributed by atoms with Crippen molar-refractivity contribution in [2.24, 2.45) is 5.92 Å². The number of nitrogens with one attached hydrogen (secondary N) is 1. The highest BCUT2D eigenvalue weighted by molar-refractivity contribution is 5.78. The van der Waals surface area contributed by atoms with Gasteiger partial charge in [-0.2, -0.15) is 5.26 Å². The molecule has 3 nitrogen and oxygen atoms in total. The average molecular weight is 220 g/mol. The van der Waals surface area contributed by atoms with Crippen LogP contribution in [0.2, 0.25) is 0 Å². The molecule has 0 saturated heterocycles. The predicted octanol–water partition coefficient (Wildman–Crippen LogP) is 2.16. The van der Waals surface area contributed by atoms with Crippen molar-refractivity contribution in [3.05, 3.63) is 35.6 Å². The largest absolute Gasteiger partial charge is 0.336 e. The van der Waals surface area contributed by atoms with Crippen molar-refractivity contribution in [1.29, 1.82) is 5.26 Å². The molecule has 0 saturated carbocycles. The van der Waals surface area contributed by atoms with Crippen molar-refractivity contribution in [1.82, 2.24) is 5.32 Å². The molecule has 0 aliphatic rings. The molecule has 0 bridgehead atoms. The van der Waals surface area contributed by atoms with Gasteiger partial charge in [-0.1, -0.05) is 32.0 Å². The van der Waals surface area contributed by atoms with Crippen molar-refractivity contribution >= 4 is 5.91 Å². The van der Waals surface area contributed by atoms with Crippen LogP contribution in [-0.2, 0) is 4.79 Å². The molecule has 0 fully saturated rings. The highest BCUT2D eigenvalue weighted by atomic mass is 19.1. The summed E-state index contributed by atoms with van der Waals surface area (Å²) in [5.74, 6) is -0.990. The summed E-state index contributed by atoms with van der Waals surface area (Å²) in [7, 11) is 0. The number of carbonyl (C=O) groups is 1. The second kappa shape index (κ2) is 5.26. The Morgan fingerprint density at radius 3 is 2.56 bits per heavy atom. The lowest BCUT2D eigenvalue weighted by molar-refractivity contribution is -0.124. The van der Waals surface area contributed by atoms with E-state index in [-0.39, 0.29) is 17.4 Å². The second-order valence-corrected chi connectivity index (χ2v) is 3.75. The fraction of sp³-hybridized carbons (Fsp3) is 0.333. The SMILES string of the molecule is CC(C)C(=O)NC(C#N)c1ccccc1F. The van der Waals surface area contributed by atoms with Crippen LogP contribution in [0.4, 0.5) is 4.39 Å². The first-order valence-corrected chi connectivity index (χ1v) is 5.00. The molecule has 0 aromatic heterocycles. The third-order valence-corrected chi connectivity index (χ3v) is 2.16. The van der Waals surface area contributed by atoms with Gasteiger partial charge in [0.2, 0.25) is 5.91 Å². The Hall–Kier alpha value is -1.89. The third kappa shape index (κ3) is 2.80. The highest BCUT2D eigenvalue weighted by Gasteiger charge is 2.18. The van der Waals surface area contributed by atoms with Gasteiger partial charge in [-0.15, -0.1) is 0 Å². The molecule has 0 aliphatic carbocycles. The number of rotatable bonds is 3. The molecular formula is C12H13FN2O. The zero-order chi connectivity index (χ0) is 12.1. The van der Waals surface area contributed by atoms with Gasteiger partial charge in [-0.05, 0) is 6.07 Å². The topological polar surface area (TPSA) is 52.9 Å². The summed E-state index contributed by atoms with van der Waals surface area (Å²) in [6.07, 6.45) is 0. The zero-order valence-corrected chi connectivity index (χ0v) is 9.20. The number of hydrogen-bond donors (Lipinski definition) is 1. The highest BCUT2D eigenvalue weighted by Crippen LogP contribution is 2.16. The van der Waals surface area contributed by atoms with E-state index in [1.165, 1.54) is 18.2 Å². The molecule has 0 spiro atoms. The minimum atomic E-state index is -0.934. The summed E-state index contributed by atoms with van der Waals surface area (Å²) in [5, 5.41) is 11.4. The van der Waals surface area contributed by atoms with Gasteiger partial charge >= 0.3 is 0 Å². The van der Waals surface area contributed by atoms with E-state index >= 15 is 0 Å². The van der Waals surface area contributed by atoms with Crippen LogP contribution in [0.1, 0.15) is 25.5 Å². The molecule has 0 heterocycles. The van der Waals surface area contributed by atoms with Crippen molar-refractivity contribution in [2.75, 3.05) is 0 Å². The zero-order valence-electron chi connectivity index (χ0n) is 9.20. The average Bonchev–Trinajstić information content (AvgIpc) is 2.26. The summed E-state index contributed by atoms with van der Waals surface area (Å²) in [6.45, 7) is 3.43. The van der Waals surface area contributed by atoms with Crippen LogP contribution in [0.5, 0.6) is 0 Å². The van der Waals surface area contributed by atoms with E-state index in [2.05, 4.69) is 5.32 Å². The van der Waals surface area contributed by atoms with Crippen LogP contribution in [-0.4, -0.2) is 5.91 Å². The summed E-state index contributed by atoms with van der Waals surface area (Å²) < 4.78 is 13.4. The van der Waals surface area contributed by atoms with Gasteiger partial charge in [0.25, 0.3) is 0 Å². The van der Waals surface area contributed by atoms with Gasteiger partial charge in [0.05, 0.1) is 6.07 Å². The smallest absolute Gasteiger partial charge is 0.223 e. The Balaban J connectivity index is 2.89. The maximum atomic E-state index is 13.4. The maximum absolute atomic E-state index is 13.4. The van der Waals surface area contributed by atoms with Crippen LogP contribution in [0.3, 0.4) is 0 Å². The van der Waals surface area contributed by atoms with Crippen LogP contribution in [0.25, 0.3) is 0 Å². The molecule has 1 aromatic carbocycles. The number of nitrogens with zero attached hydrogens (tertiary/aromatic N) is 1. The predicted molar refractivity (Wildman–Crippen MR) is 57.7 cm³/mol. The molecule has 84 valence electrons. The van der Waals surface area contributed by atoms with E-state index in [1.54, 1.807) is 19.9 Å². The molecular weight excluding hydrogens is 207 g/mol. The number of carbonyl (C=O) groups excluding carboxylic acids is 1. The minimum Gasteiger partial charge on any atom is -0.336 e. The summed E-state index contributed by atoms with van der Waals surface area (Å²) >= 11 is 0. The minimum absolute atomic E-state index is 0.194. The van der Waals surface area contributed by atoms with Crippen LogP contribution < -0.4 is 5.32 Å². The van der Waals surface area contributed by atoms with Gasteiger partial charge in [0, 0.05) is 11.5 Å². The first-order valence-electron chi connectivity index (χ1n) is 5.00. The standard InChI is InChI=1S/C12H13FN2O/c1-8(2)12(16)15-11(7-14)9-5-3-4-6-10(9)13/h3-6,8,11H,1-2H3,(H,15,16). The molecule has 4 heteroatoms. The molecule has 0 aliphatic heterocycles. The van der Waals surface area contributed by atoms with Gasteiger partial charge in [-0.3, -0.25) is 4.79 Å². The van der Waals surface area contributed by atoms with Crippen molar-refractivity contribution in [3.8, 4) is 6.07 Å². The molecule has 1 N–H and O–H groups in total. The molecule has 1 unspecified atom stereocenters. The molecule has 0 radical (unpaired) electrons. The normalized spacial score (nSPS) is 11.9. The number of amides is 1. The van der Waals surface area contributed by atoms with E-state index in [1.807, 2.05) is 6.07 Å². The summed E-state index contributed by atoms with van der Waals surface area (Å²) in [4.78, 5) is 11.4. The Kier molecular flexibility index (Phi) is 4.01. The molecule has 1 aromatic rings. The molecule has 16 heavy (non-hydrogen) atoms. The van der Waals surface area contributed by atoms with Crippen LogP contribution in [0.15, 0.2) is 24.3 Å². The van der Waals surface area contributed by atoms with Crippen molar-refractivity contribution < 1.29 is 9.18 Å². The third-order valence-electron chi connectivity index (χ3n) is 2.16. The number of benzene rings is 1. The van der Waals surface area contributed by atoms with E-state index < -0.39 is 11.9 Å². The maximum Gasteiger partial charge on any atom is 0.223 e. The lowest BCUT2D eigenvalue weighted by atomic mass is 10.1. The first-order chi connectivity index (χ1) is 7.56. The molecule has 1 amide bonds. The number of hydrogen-bond acceptors (Lipinski definition) is 2. The van der Waals surface area contributed by atoms with E-state index in [0.29, 0.717) is 0 Å². The monoisotopic (exact) mass is 220 g/mol. The van der Waals surface area contributed by atoms with E-state index in [0.717, 1.165) is 0 Å². The Bertz CT molecular complexity index is 423. The lowest BCUT2D eigenvalue weighted by Gasteiger charge is -2.14. The van der Waals surface area contributed by atoms with Gasteiger partial charge in [0.15, 0.2) is 0 Å². The van der Waals surface area contributed by atoms with Crippen LogP contribution >= 0.6 is 0 Å². The van der Waals surface area contributed by atoms with E-state index in [9.17, 15) is 9.18 Å². The Morgan fingerprint density at radius 2 is 2.06 bits per heavy atom. The van der Waals surface area contributed by atoms with Crippen molar-refractivity contribution in [2.45, 2.75) is 19.9 Å². The van der Waals surface area contributed by atoms with Gasteiger partial charge < -0.3 is 5.32 Å². The quantitative estimate of drug-likeness (QED) is 0.848.